The van der Waals surface area contributed by atoms with Gasteiger partial charge in [-0.25, -0.2) is 0 Å². The summed E-state index contributed by atoms with van der Waals surface area (Å²) in [5.41, 5.74) is 7.97. The van der Waals surface area contributed by atoms with Crippen LogP contribution in [0.2, 0.25) is 0 Å². The van der Waals surface area contributed by atoms with Gasteiger partial charge in [0.15, 0.2) is 5.96 Å². The van der Waals surface area contributed by atoms with Crippen LogP contribution in [-0.2, 0) is 11.2 Å². The van der Waals surface area contributed by atoms with Crippen LogP contribution in [-0.4, -0.2) is 36.9 Å². The van der Waals surface area contributed by atoms with Gasteiger partial charge in [-0.1, -0.05) is 19.1 Å². The van der Waals surface area contributed by atoms with E-state index in [0.29, 0.717) is 18.5 Å². The number of guanidine groups is 1. The summed E-state index contributed by atoms with van der Waals surface area (Å²) in [5.74, 6) is 1.01. The van der Waals surface area contributed by atoms with E-state index in [1.54, 1.807) is 0 Å². The number of aliphatic hydroxyl groups excluding tert-OH is 1. The van der Waals surface area contributed by atoms with E-state index in [0.717, 1.165) is 18.7 Å². The first-order valence-corrected chi connectivity index (χ1v) is 7.59. The van der Waals surface area contributed by atoms with Crippen LogP contribution < -0.4 is 11.1 Å². The van der Waals surface area contributed by atoms with Gasteiger partial charge in [-0.05, 0) is 42.9 Å². The van der Waals surface area contributed by atoms with Crippen LogP contribution in [0.3, 0.4) is 0 Å². The molecule has 0 amide bonds. The largest absolute Gasteiger partial charge is 0.389 e. The van der Waals surface area contributed by atoms with Crippen molar-refractivity contribution in [3.63, 3.8) is 0 Å². The lowest BCUT2D eigenvalue weighted by atomic mass is 10.1. The molecular formula is C16H25N3O2. The van der Waals surface area contributed by atoms with E-state index in [2.05, 4.69) is 29.4 Å². The predicted octanol–water partition coefficient (Wildman–Crippen LogP) is 1.76. The molecule has 0 aromatic heterocycles. The molecule has 1 aromatic rings. The van der Waals surface area contributed by atoms with E-state index in [9.17, 15) is 5.11 Å². The van der Waals surface area contributed by atoms with Crippen LogP contribution in [0, 0.1) is 5.92 Å². The second-order valence-corrected chi connectivity index (χ2v) is 5.54. The molecule has 1 aromatic carbocycles. The highest BCUT2D eigenvalue weighted by molar-refractivity contribution is 5.92. The lowest BCUT2D eigenvalue weighted by Gasteiger charge is -2.10. The number of nitrogens with zero attached hydrogens (tertiary/aromatic N) is 1. The van der Waals surface area contributed by atoms with Crippen molar-refractivity contribution in [3.8, 4) is 0 Å². The van der Waals surface area contributed by atoms with E-state index >= 15 is 0 Å². The van der Waals surface area contributed by atoms with Gasteiger partial charge in [-0.15, -0.1) is 0 Å². The van der Waals surface area contributed by atoms with Crippen molar-refractivity contribution in [3.05, 3.63) is 29.8 Å². The smallest absolute Gasteiger partial charge is 0.193 e. The molecule has 5 heteroatoms. The molecule has 2 rings (SSSR count). The Hall–Kier alpha value is -1.59. The molecule has 0 radical (unpaired) electrons. The monoisotopic (exact) mass is 291 g/mol. The molecular weight excluding hydrogens is 266 g/mol. The molecule has 1 aliphatic rings. The molecule has 5 nitrogen and oxygen atoms in total. The Balaban J connectivity index is 1.68. The molecule has 0 heterocycles. The van der Waals surface area contributed by atoms with Gasteiger partial charge in [0.2, 0.25) is 0 Å². The molecule has 0 spiro atoms. The van der Waals surface area contributed by atoms with Crippen molar-refractivity contribution in [1.29, 1.82) is 0 Å². The van der Waals surface area contributed by atoms with Crippen molar-refractivity contribution in [2.45, 2.75) is 32.3 Å². The number of aryl methyl sites for hydroxylation is 1. The SMILES string of the molecule is CCc1ccc(NC(N)=NCC(O)COCC2CC2)cc1. The van der Waals surface area contributed by atoms with Gasteiger partial charge in [0.05, 0.1) is 19.3 Å². The minimum absolute atomic E-state index is 0.247. The Morgan fingerprint density at radius 3 is 2.76 bits per heavy atom. The van der Waals surface area contributed by atoms with E-state index in [-0.39, 0.29) is 6.54 Å². The van der Waals surface area contributed by atoms with Gasteiger partial charge in [0, 0.05) is 12.3 Å². The summed E-state index contributed by atoms with van der Waals surface area (Å²) in [6.07, 6.45) is 2.91. The zero-order valence-electron chi connectivity index (χ0n) is 12.6. The highest BCUT2D eigenvalue weighted by atomic mass is 16.5. The topological polar surface area (TPSA) is 79.9 Å². The number of hydrogen-bond donors (Lipinski definition) is 3. The van der Waals surface area contributed by atoms with Gasteiger partial charge in [0.25, 0.3) is 0 Å². The third-order valence-electron chi connectivity index (χ3n) is 3.47. The molecule has 0 aliphatic heterocycles. The van der Waals surface area contributed by atoms with Gasteiger partial charge >= 0.3 is 0 Å². The van der Waals surface area contributed by atoms with Gasteiger partial charge in [0.1, 0.15) is 0 Å². The molecule has 116 valence electrons. The molecule has 1 saturated carbocycles. The van der Waals surface area contributed by atoms with Gasteiger partial charge < -0.3 is 20.9 Å². The highest BCUT2D eigenvalue weighted by Crippen LogP contribution is 2.28. The maximum Gasteiger partial charge on any atom is 0.193 e. The van der Waals surface area contributed by atoms with Crippen molar-refractivity contribution in [1.82, 2.24) is 0 Å². The van der Waals surface area contributed by atoms with Gasteiger partial charge in [-0.2, -0.15) is 0 Å². The number of rotatable bonds is 8. The van der Waals surface area contributed by atoms with Crippen molar-refractivity contribution in [2.75, 3.05) is 25.1 Å². The zero-order chi connectivity index (χ0) is 15.1. The Labute approximate surface area is 126 Å². The number of hydrogen-bond acceptors (Lipinski definition) is 3. The van der Waals surface area contributed by atoms with Crippen LogP contribution in [0.5, 0.6) is 0 Å². The quantitative estimate of drug-likeness (QED) is 0.504. The minimum Gasteiger partial charge on any atom is -0.389 e. The summed E-state index contributed by atoms with van der Waals surface area (Å²) in [6.45, 7) is 3.43. The number of ether oxygens (including phenoxy) is 1. The fourth-order valence-electron chi connectivity index (χ4n) is 1.92. The van der Waals surface area contributed by atoms with Crippen LogP contribution in [0.4, 0.5) is 5.69 Å². The Kier molecular flexibility index (Phi) is 6.02. The van der Waals surface area contributed by atoms with Crippen LogP contribution >= 0.6 is 0 Å². The van der Waals surface area contributed by atoms with Crippen molar-refractivity contribution < 1.29 is 9.84 Å². The average molecular weight is 291 g/mol. The lowest BCUT2D eigenvalue weighted by molar-refractivity contribution is 0.0369. The number of nitrogens with two attached hydrogens (primary N) is 1. The molecule has 0 saturated heterocycles. The fourth-order valence-corrected chi connectivity index (χ4v) is 1.92. The van der Waals surface area contributed by atoms with Crippen LogP contribution in [0.25, 0.3) is 0 Å². The number of benzene rings is 1. The van der Waals surface area contributed by atoms with E-state index < -0.39 is 6.10 Å². The molecule has 21 heavy (non-hydrogen) atoms. The zero-order valence-corrected chi connectivity index (χ0v) is 12.6. The minimum atomic E-state index is -0.605. The Bertz CT molecular complexity index is 455. The predicted molar refractivity (Wildman–Crippen MR) is 85.5 cm³/mol. The fraction of sp³-hybridized carbons (Fsp3) is 0.562. The third-order valence-corrected chi connectivity index (χ3v) is 3.47. The first kappa shape index (κ1) is 15.8. The number of nitrogens with one attached hydrogen (secondary N) is 1. The summed E-state index contributed by atoms with van der Waals surface area (Å²) in [7, 11) is 0. The van der Waals surface area contributed by atoms with E-state index in [1.165, 1.54) is 18.4 Å². The average Bonchev–Trinajstić information content (AvgIpc) is 3.30. The Morgan fingerprint density at radius 1 is 1.43 bits per heavy atom. The third kappa shape index (κ3) is 6.14. The maximum atomic E-state index is 9.75. The molecule has 1 unspecified atom stereocenters. The van der Waals surface area contributed by atoms with Crippen LogP contribution in [0.15, 0.2) is 29.3 Å². The molecule has 0 bridgehead atoms. The summed E-state index contributed by atoms with van der Waals surface area (Å²) in [4.78, 5) is 4.13. The second-order valence-electron chi connectivity index (χ2n) is 5.54. The number of aliphatic imine (C=N–C) groups is 1. The first-order chi connectivity index (χ1) is 10.2. The number of anilines is 1. The molecule has 1 aliphatic carbocycles. The summed E-state index contributed by atoms with van der Waals surface area (Å²) in [6, 6.07) is 8.04. The highest BCUT2D eigenvalue weighted by Gasteiger charge is 2.21. The van der Waals surface area contributed by atoms with Crippen molar-refractivity contribution >= 4 is 11.6 Å². The van der Waals surface area contributed by atoms with E-state index in [4.69, 9.17) is 10.5 Å². The molecule has 1 fully saturated rings. The summed E-state index contributed by atoms with van der Waals surface area (Å²) in [5, 5.41) is 12.8. The lowest BCUT2D eigenvalue weighted by Crippen LogP contribution is -2.26. The van der Waals surface area contributed by atoms with Crippen LogP contribution in [0.1, 0.15) is 25.3 Å². The maximum absolute atomic E-state index is 9.75. The normalized spacial score (nSPS) is 16.8. The number of aliphatic hydroxyl groups is 1. The van der Waals surface area contributed by atoms with E-state index in [1.807, 2.05) is 12.1 Å². The van der Waals surface area contributed by atoms with Crippen molar-refractivity contribution in [2.24, 2.45) is 16.6 Å². The first-order valence-electron chi connectivity index (χ1n) is 7.59. The second kappa shape index (κ2) is 8.00. The molecule has 1 atom stereocenters. The summed E-state index contributed by atoms with van der Waals surface area (Å²) < 4.78 is 5.41. The molecule has 4 N–H and O–H groups in total. The van der Waals surface area contributed by atoms with Gasteiger partial charge in [-0.3, -0.25) is 4.99 Å². The Morgan fingerprint density at radius 2 is 2.14 bits per heavy atom. The standard InChI is InChI=1S/C16H25N3O2/c1-2-12-5-7-14(8-6-12)19-16(17)18-9-15(20)11-21-10-13-3-4-13/h5-8,13,15,20H,2-4,9-11H2,1H3,(H3,17,18,19). The summed E-state index contributed by atoms with van der Waals surface area (Å²) >= 11 is 0.